The average molecular weight is 418 g/mol. The first-order valence-corrected chi connectivity index (χ1v) is 10.7. The molecule has 1 saturated heterocycles. The summed E-state index contributed by atoms with van der Waals surface area (Å²) in [5.41, 5.74) is 2.77. The van der Waals surface area contributed by atoms with Crippen LogP contribution in [0.1, 0.15) is 22.8 Å². The monoisotopic (exact) mass is 417 g/mol. The van der Waals surface area contributed by atoms with Gasteiger partial charge in [0, 0.05) is 49.8 Å². The lowest BCUT2D eigenvalue weighted by Crippen LogP contribution is -2.51. The van der Waals surface area contributed by atoms with Crippen molar-refractivity contribution in [3.05, 3.63) is 84.2 Å². The van der Waals surface area contributed by atoms with E-state index < -0.39 is 0 Å². The van der Waals surface area contributed by atoms with Crippen LogP contribution in [0.5, 0.6) is 5.75 Å². The minimum absolute atomic E-state index is 0.000668. The molecule has 6 heteroatoms. The SMILES string of the molecule is CCc1ccccc1OCC(=O)N1CCN(C(=O)c2ccc(-n3cccc3)cc2)CC1. The van der Waals surface area contributed by atoms with Crippen LogP contribution in [0.2, 0.25) is 0 Å². The molecule has 1 aromatic heterocycles. The number of para-hydroxylation sites is 1. The molecule has 160 valence electrons. The number of aromatic nitrogens is 1. The normalized spacial score (nSPS) is 13.8. The lowest BCUT2D eigenvalue weighted by molar-refractivity contribution is -0.134. The van der Waals surface area contributed by atoms with Gasteiger partial charge in [-0.2, -0.15) is 0 Å². The average Bonchev–Trinajstić information content (AvgIpc) is 3.37. The molecule has 2 heterocycles. The number of carbonyl (C=O) groups is 2. The smallest absolute Gasteiger partial charge is 0.260 e. The Morgan fingerprint density at radius 2 is 1.48 bits per heavy atom. The zero-order valence-corrected chi connectivity index (χ0v) is 17.7. The number of carbonyl (C=O) groups excluding carboxylic acids is 2. The van der Waals surface area contributed by atoms with Gasteiger partial charge in [-0.05, 0) is 54.4 Å². The van der Waals surface area contributed by atoms with Gasteiger partial charge in [0.05, 0.1) is 0 Å². The number of benzene rings is 2. The molecule has 0 saturated carbocycles. The van der Waals surface area contributed by atoms with Crippen molar-refractivity contribution < 1.29 is 14.3 Å². The van der Waals surface area contributed by atoms with Gasteiger partial charge in [-0.1, -0.05) is 25.1 Å². The molecule has 2 amide bonds. The third-order valence-electron chi connectivity index (χ3n) is 5.64. The van der Waals surface area contributed by atoms with Crippen molar-refractivity contribution in [2.75, 3.05) is 32.8 Å². The van der Waals surface area contributed by atoms with Crippen LogP contribution in [0.15, 0.2) is 73.1 Å². The third kappa shape index (κ3) is 4.79. The Kier molecular flexibility index (Phi) is 6.36. The number of hydrogen-bond donors (Lipinski definition) is 0. The maximum atomic E-state index is 12.8. The van der Waals surface area contributed by atoms with Crippen LogP contribution in [0.3, 0.4) is 0 Å². The zero-order chi connectivity index (χ0) is 21.6. The van der Waals surface area contributed by atoms with Crippen molar-refractivity contribution in [1.29, 1.82) is 0 Å². The number of rotatable bonds is 6. The molecule has 4 rings (SSSR count). The highest BCUT2D eigenvalue weighted by atomic mass is 16.5. The van der Waals surface area contributed by atoms with Gasteiger partial charge in [0.2, 0.25) is 0 Å². The molecule has 0 unspecified atom stereocenters. The van der Waals surface area contributed by atoms with E-state index in [4.69, 9.17) is 4.74 Å². The van der Waals surface area contributed by atoms with Crippen molar-refractivity contribution in [2.45, 2.75) is 13.3 Å². The Morgan fingerprint density at radius 3 is 2.16 bits per heavy atom. The van der Waals surface area contributed by atoms with E-state index in [-0.39, 0.29) is 18.4 Å². The molecule has 6 nitrogen and oxygen atoms in total. The first kappa shape index (κ1) is 20.7. The number of ether oxygens (including phenoxy) is 1. The summed E-state index contributed by atoms with van der Waals surface area (Å²) in [6.07, 6.45) is 4.80. The third-order valence-corrected chi connectivity index (χ3v) is 5.64. The van der Waals surface area contributed by atoms with Crippen LogP contribution >= 0.6 is 0 Å². The standard InChI is InChI=1S/C25H27N3O3/c1-2-20-7-3-4-8-23(20)31-19-24(29)27-15-17-28(18-16-27)25(30)21-9-11-22(12-10-21)26-13-5-6-14-26/h3-14H,2,15-19H2,1H3. The maximum absolute atomic E-state index is 12.8. The number of amides is 2. The summed E-state index contributed by atoms with van der Waals surface area (Å²) in [6, 6.07) is 19.3. The predicted octanol–water partition coefficient (Wildman–Crippen LogP) is 3.40. The van der Waals surface area contributed by atoms with E-state index in [9.17, 15) is 9.59 Å². The topological polar surface area (TPSA) is 54.8 Å². The van der Waals surface area contributed by atoms with Gasteiger partial charge in [0.15, 0.2) is 6.61 Å². The van der Waals surface area contributed by atoms with Gasteiger partial charge in [0.25, 0.3) is 11.8 Å². The second-order valence-corrected chi connectivity index (χ2v) is 7.56. The van der Waals surface area contributed by atoms with Crippen molar-refractivity contribution in [3.8, 4) is 11.4 Å². The molecule has 1 aliphatic heterocycles. The fourth-order valence-electron chi connectivity index (χ4n) is 3.79. The summed E-state index contributed by atoms with van der Waals surface area (Å²) in [5, 5.41) is 0. The molecular formula is C25H27N3O3. The molecule has 0 bridgehead atoms. The van der Waals surface area contributed by atoms with Crippen LogP contribution in [-0.2, 0) is 11.2 Å². The molecule has 31 heavy (non-hydrogen) atoms. The van der Waals surface area contributed by atoms with E-state index in [1.165, 1.54) is 0 Å². The lowest BCUT2D eigenvalue weighted by Gasteiger charge is -2.34. The van der Waals surface area contributed by atoms with E-state index in [1.807, 2.05) is 82.5 Å². The molecule has 3 aromatic rings. The van der Waals surface area contributed by atoms with Gasteiger partial charge in [-0.15, -0.1) is 0 Å². The molecule has 2 aromatic carbocycles. The van der Waals surface area contributed by atoms with Crippen LogP contribution in [-0.4, -0.2) is 59.0 Å². The minimum Gasteiger partial charge on any atom is -0.483 e. The summed E-state index contributed by atoms with van der Waals surface area (Å²) in [6.45, 7) is 4.17. The Labute approximate surface area is 182 Å². The Bertz CT molecular complexity index is 1020. The molecule has 1 fully saturated rings. The van der Waals surface area contributed by atoms with E-state index in [0.717, 1.165) is 23.4 Å². The fraction of sp³-hybridized carbons (Fsp3) is 0.280. The van der Waals surface area contributed by atoms with Crippen LogP contribution in [0.25, 0.3) is 5.69 Å². The highest BCUT2D eigenvalue weighted by Crippen LogP contribution is 2.18. The first-order valence-electron chi connectivity index (χ1n) is 10.7. The highest BCUT2D eigenvalue weighted by molar-refractivity contribution is 5.94. The van der Waals surface area contributed by atoms with E-state index in [1.54, 1.807) is 4.90 Å². The minimum atomic E-state index is -0.0471. The van der Waals surface area contributed by atoms with Gasteiger partial charge in [-0.3, -0.25) is 9.59 Å². The predicted molar refractivity (Wildman–Crippen MR) is 120 cm³/mol. The molecule has 0 N–H and O–H groups in total. The Hall–Kier alpha value is -3.54. The molecule has 1 aliphatic rings. The van der Waals surface area contributed by atoms with Crippen LogP contribution in [0, 0.1) is 0 Å². The fourth-order valence-corrected chi connectivity index (χ4v) is 3.79. The van der Waals surface area contributed by atoms with Gasteiger partial charge in [0.1, 0.15) is 5.75 Å². The maximum Gasteiger partial charge on any atom is 0.260 e. The quantitative estimate of drug-likeness (QED) is 0.618. The van der Waals surface area contributed by atoms with E-state index >= 15 is 0 Å². The molecule has 0 radical (unpaired) electrons. The van der Waals surface area contributed by atoms with Crippen molar-refractivity contribution in [3.63, 3.8) is 0 Å². The van der Waals surface area contributed by atoms with E-state index in [0.29, 0.717) is 31.7 Å². The van der Waals surface area contributed by atoms with Crippen LogP contribution in [0.4, 0.5) is 0 Å². The number of nitrogens with zero attached hydrogens (tertiary/aromatic N) is 3. The second-order valence-electron chi connectivity index (χ2n) is 7.56. The summed E-state index contributed by atoms with van der Waals surface area (Å²) >= 11 is 0. The molecular weight excluding hydrogens is 390 g/mol. The van der Waals surface area contributed by atoms with Crippen molar-refractivity contribution >= 4 is 11.8 Å². The highest BCUT2D eigenvalue weighted by Gasteiger charge is 2.25. The molecule has 0 aliphatic carbocycles. The molecule has 0 spiro atoms. The van der Waals surface area contributed by atoms with Crippen molar-refractivity contribution in [2.24, 2.45) is 0 Å². The van der Waals surface area contributed by atoms with Crippen LogP contribution < -0.4 is 4.74 Å². The summed E-state index contributed by atoms with van der Waals surface area (Å²) in [5.74, 6) is 0.712. The largest absolute Gasteiger partial charge is 0.483 e. The second kappa shape index (κ2) is 9.51. The summed E-state index contributed by atoms with van der Waals surface area (Å²) in [7, 11) is 0. The number of hydrogen-bond acceptors (Lipinski definition) is 3. The van der Waals surface area contributed by atoms with Gasteiger partial charge < -0.3 is 19.1 Å². The van der Waals surface area contributed by atoms with Crippen molar-refractivity contribution in [1.82, 2.24) is 14.4 Å². The van der Waals surface area contributed by atoms with Gasteiger partial charge >= 0.3 is 0 Å². The number of piperazine rings is 1. The Morgan fingerprint density at radius 1 is 0.839 bits per heavy atom. The lowest BCUT2D eigenvalue weighted by atomic mass is 10.1. The van der Waals surface area contributed by atoms with E-state index in [2.05, 4.69) is 6.92 Å². The van der Waals surface area contributed by atoms with Gasteiger partial charge in [-0.25, -0.2) is 0 Å². The zero-order valence-electron chi connectivity index (χ0n) is 17.7. The Balaban J connectivity index is 1.29. The summed E-state index contributed by atoms with van der Waals surface area (Å²) in [4.78, 5) is 29.0. The first-order chi connectivity index (χ1) is 15.2. The molecule has 0 atom stereocenters. The summed E-state index contributed by atoms with van der Waals surface area (Å²) < 4.78 is 7.75. The number of aryl methyl sites for hydroxylation is 1.